The van der Waals surface area contributed by atoms with Gasteiger partial charge in [0.25, 0.3) is 0 Å². The van der Waals surface area contributed by atoms with E-state index in [9.17, 15) is 13.6 Å². The number of carbonyl (C=O) groups is 1. The lowest BCUT2D eigenvalue weighted by molar-refractivity contribution is -0.131. The van der Waals surface area contributed by atoms with Crippen LogP contribution in [-0.2, 0) is 4.79 Å². The van der Waals surface area contributed by atoms with Crippen LogP contribution in [0.25, 0.3) is 0 Å². The number of hydrogen-bond acceptors (Lipinski definition) is 4. The van der Waals surface area contributed by atoms with Gasteiger partial charge in [-0.05, 0) is 92.8 Å². The van der Waals surface area contributed by atoms with E-state index in [1.54, 1.807) is 0 Å². The van der Waals surface area contributed by atoms with E-state index < -0.39 is 6.43 Å². The molecule has 29 heavy (non-hydrogen) atoms. The number of hydrazone groups is 1. The van der Waals surface area contributed by atoms with Gasteiger partial charge in [-0.15, -0.1) is 0 Å². The molecule has 0 saturated heterocycles. The molecule has 4 rings (SSSR count). The molecule has 0 aliphatic heterocycles. The van der Waals surface area contributed by atoms with Gasteiger partial charge in [-0.25, -0.2) is 14.6 Å². The van der Waals surface area contributed by atoms with Crippen molar-refractivity contribution in [1.82, 2.24) is 5.01 Å². The van der Waals surface area contributed by atoms with E-state index in [1.807, 2.05) is 0 Å². The van der Waals surface area contributed by atoms with E-state index >= 15 is 0 Å². The normalized spacial score (nSPS) is 44.4. The Labute approximate surface area is 172 Å². The summed E-state index contributed by atoms with van der Waals surface area (Å²) in [7, 11) is 0. The van der Waals surface area contributed by atoms with Gasteiger partial charge in [0, 0.05) is 11.8 Å². The van der Waals surface area contributed by atoms with Gasteiger partial charge in [0.05, 0.1) is 6.54 Å². The number of nitrogens with two attached hydrogens (primary N) is 2. The first-order valence-electron chi connectivity index (χ1n) is 11.4. The Morgan fingerprint density at radius 1 is 1.14 bits per heavy atom. The van der Waals surface area contributed by atoms with Crippen LogP contribution in [0.2, 0.25) is 0 Å². The standard InChI is InChI=1S/C22H36F2N4O/c1-22-9-8-16-15-4-3-14(21(23)24)10-13(15)2-5-17(16)18(22)6-7-19(22)20(29)11-28(26)12-27-25/h12-19,21H,2-11,25-26H2,1H3/b27-12-. The molecule has 0 radical (unpaired) electrons. The smallest absolute Gasteiger partial charge is 0.241 e. The largest absolute Gasteiger partial charge is 0.322 e. The molecule has 4 saturated carbocycles. The first-order chi connectivity index (χ1) is 13.8. The maximum Gasteiger partial charge on any atom is 0.241 e. The predicted molar refractivity (Wildman–Crippen MR) is 109 cm³/mol. The molecule has 0 aromatic rings. The maximum absolute atomic E-state index is 13.2. The van der Waals surface area contributed by atoms with Crippen LogP contribution in [0.3, 0.4) is 0 Å². The third-order valence-electron chi connectivity index (χ3n) is 9.29. The number of rotatable bonds is 5. The Hall–Kier alpha value is -1.24. The van der Waals surface area contributed by atoms with Crippen molar-refractivity contribution < 1.29 is 13.6 Å². The third-order valence-corrected chi connectivity index (χ3v) is 9.29. The van der Waals surface area contributed by atoms with E-state index in [0.717, 1.165) is 51.4 Å². The van der Waals surface area contributed by atoms with Gasteiger partial charge in [-0.3, -0.25) is 9.80 Å². The summed E-state index contributed by atoms with van der Waals surface area (Å²) >= 11 is 0. The van der Waals surface area contributed by atoms with Gasteiger partial charge in [-0.1, -0.05) is 6.92 Å². The number of alkyl halides is 2. The summed E-state index contributed by atoms with van der Waals surface area (Å²) in [4.78, 5) is 13.0. The van der Waals surface area contributed by atoms with Gasteiger partial charge in [0.1, 0.15) is 6.34 Å². The second-order valence-electron chi connectivity index (χ2n) is 10.4. The summed E-state index contributed by atoms with van der Waals surface area (Å²) in [5.74, 6) is 13.9. The Balaban J connectivity index is 1.45. The average molecular weight is 411 g/mol. The van der Waals surface area contributed by atoms with E-state index in [4.69, 9.17) is 11.7 Å². The maximum atomic E-state index is 13.2. The highest BCUT2D eigenvalue weighted by Crippen LogP contribution is 2.64. The number of halogens is 2. The van der Waals surface area contributed by atoms with Gasteiger partial charge >= 0.3 is 0 Å². The zero-order valence-electron chi connectivity index (χ0n) is 17.5. The highest BCUT2D eigenvalue weighted by molar-refractivity contribution is 5.85. The molecule has 4 aliphatic carbocycles. The summed E-state index contributed by atoms with van der Waals surface area (Å²) in [5.41, 5.74) is 0.0476. The molecular formula is C22H36F2N4O. The van der Waals surface area contributed by atoms with Crippen molar-refractivity contribution in [2.75, 3.05) is 6.54 Å². The van der Waals surface area contributed by atoms with Crippen LogP contribution in [0.5, 0.6) is 0 Å². The fourth-order valence-corrected chi connectivity index (χ4v) is 8.06. The third kappa shape index (κ3) is 3.68. The number of Topliss-reactive ketones (excluding diaryl/α,β-unsaturated/α-hetero) is 1. The second-order valence-corrected chi connectivity index (χ2v) is 10.4. The van der Waals surface area contributed by atoms with Crippen LogP contribution in [0.4, 0.5) is 8.78 Å². The minimum Gasteiger partial charge on any atom is -0.322 e. The Morgan fingerprint density at radius 3 is 2.62 bits per heavy atom. The first kappa shape index (κ1) is 21.0. The van der Waals surface area contributed by atoms with Crippen molar-refractivity contribution in [3.8, 4) is 0 Å². The highest BCUT2D eigenvalue weighted by Gasteiger charge is 2.58. The number of fused-ring (bicyclic) bond motifs is 5. The van der Waals surface area contributed by atoms with Gasteiger partial charge in [0.15, 0.2) is 5.78 Å². The summed E-state index contributed by atoms with van der Waals surface area (Å²) in [5, 5.41) is 4.67. The molecule has 0 aromatic carbocycles. The van der Waals surface area contributed by atoms with Crippen molar-refractivity contribution in [1.29, 1.82) is 0 Å². The van der Waals surface area contributed by atoms with Gasteiger partial charge < -0.3 is 5.84 Å². The number of nitrogens with zero attached hydrogens (tertiary/aromatic N) is 2. The van der Waals surface area contributed by atoms with Crippen LogP contribution >= 0.6 is 0 Å². The molecule has 0 aromatic heterocycles. The van der Waals surface area contributed by atoms with E-state index in [1.165, 1.54) is 11.3 Å². The molecule has 5 nitrogen and oxygen atoms in total. The number of carbonyl (C=O) groups excluding carboxylic acids is 1. The molecule has 0 amide bonds. The van der Waals surface area contributed by atoms with Crippen molar-refractivity contribution in [3.05, 3.63) is 0 Å². The molecule has 4 N–H and O–H groups in total. The zero-order chi connectivity index (χ0) is 20.8. The molecule has 0 heterocycles. The molecule has 8 atom stereocenters. The molecule has 8 unspecified atom stereocenters. The molecule has 164 valence electrons. The molecule has 4 aliphatic rings. The lowest BCUT2D eigenvalue weighted by Gasteiger charge is -2.56. The molecule has 0 spiro atoms. The molecule has 7 heteroatoms. The summed E-state index contributed by atoms with van der Waals surface area (Å²) < 4.78 is 26.5. The monoisotopic (exact) mass is 410 g/mol. The summed E-state index contributed by atoms with van der Waals surface area (Å²) in [6.07, 6.45) is 8.08. The Bertz CT molecular complexity index is 644. The predicted octanol–water partition coefficient (Wildman–Crippen LogP) is 3.78. The van der Waals surface area contributed by atoms with Crippen LogP contribution in [0.15, 0.2) is 5.10 Å². The number of ketones is 1. The van der Waals surface area contributed by atoms with E-state index in [-0.39, 0.29) is 29.6 Å². The van der Waals surface area contributed by atoms with Crippen LogP contribution < -0.4 is 11.7 Å². The first-order valence-corrected chi connectivity index (χ1v) is 11.4. The molecular weight excluding hydrogens is 374 g/mol. The lowest BCUT2D eigenvalue weighted by Crippen LogP contribution is -2.50. The van der Waals surface area contributed by atoms with Crippen LogP contribution in [-0.4, -0.2) is 30.1 Å². The van der Waals surface area contributed by atoms with E-state index in [2.05, 4.69) is 12.0 Å². The van der Waals surface area contributed by atoms with Crippen molar-refractivity contribution in [2.24, 2.45) is 63.6 Å². The summed E-state index contributed by atoms with van der Waals surface area (Å²) in [6.45, 7) is 2.47. The van der Waals surface area contributed by atoms with Gasteiger partial charge in [-0.2, -0.15) is 5.10 Å². The quantitative estimate of drug-likeness (QED) is 0.313. The SMILES string of the molecule is CC12CCC3C4CCC(C(F)F)CC4CCC3C1CCC2C(=O)CN(N)/C=N\N. The summed E-state index contributed by atoms with van der Waals surface area (Å²) in [6, 6.07) is 0. The number of hydrogen-bond donors (Lipinski definition) is 2. The fourth-order valence-electron chi connectivity index (χ4n) is 8.06. The Morgan fingerprint density at radius 2 is 1.90 bits per heavy atom. The van der Waals surface area contributed by atoms with E-state index in [0.29, 0.717) is 36.0 Å². The second kappa shape index (κ2) is 8.12. The van der Waals surface area contributed by atoms with Crippen LogP contribution in [0, 0.1) is 46.8 Å². The van der Waals surface area contributed by atoms with Crippen molar-refractivity contribution >= 4 is 12.1 Å². The zero-order valence-corrected chi connectivity index (χ0v) is 17.5. The van der Waals surface area contributed by atoms with Crippen molar-refractivity contribution in [2.45, 2.75) is 71.1 Å². The lowest BCUT2D eigenvalue weighted by atomic mass is 9.49. The average Bonchev–Trinajstić information content (AvgIpc) is 3.04. The number of hydrazine groups is 1. The fraction of sp³-hybridized carbons (Fsp3) is 0.909. The topological polar surface area (TPSA) is 84.7 Å². The Kier molecular flexibility index (Phi) is 5.88. The van der Waals surface area contributed by atoms with Crippen molar-refractivity contribution in [3.63, 3.8) is 0 Å². The van der Waals surface area contributed by atoms with Crippen LogP contribution in [0.1, 0.15) is 64.7 Å². The highest BCUT2D eigenvalue weighted by atomic mass is 19.3. The molecule has 4 fully saturated rings. The minimum atomic E-state index is -2.16. The minimum absolute atomic E-state index is 0.0476. The molecule has 0 bridgehead atoms. The van der Waals surface area contributed by atoms with Gasteiger partial charge in [0.2, 0.25) is 6.43 Å².